The van der Waals surface area contributed by atoms with Crippen molar-refractivity contribution >= 4 is 15.7 Å². The van der Waals surface area contributed by atoms with Gasteiger partial charge in [0.15, 0.2) is 9.84 Å². The molecule has 0 saturated heterocycles. The maximum atomic E-state index is 12.9. The lowest BCUT2D eigenvalue weighted by atomic mass is 10.0. The van der Waals surface area contributed by atoms with Crippen LogP contribution in [0.4, 0.5) is 0 Å². The Morgan fingerprint density at radius 2 is 1.74 bits per heavy atom. The minimum atomic E-state index is -3.75. The molecule has 0 aromatic heterocycles. The standard InChI is InChI=1S/C21H25NO4S/c1-14(2)16-8-10-17(11-9-16)27(24,25)15(3)21(23)22-19-12-13-26-20-7-5-4-6-18(19)20/h4-11,14-15,19H,12-13H2,1-3H3,(H,22,23). The van der Waals surface area contributed by atoms with Gasteiger partial charge in [-0.1, -0.05) is 44.2 Å². The summed E-state index contributed by atoms with van der Waals surface area (Å²) in [5, 5.41) is 1.71. The van der Waals surface area contributed by atoms with E-state index in [1.165, 1.54) is 6.92 Å². The quantitative estimate of drug-likeness (QED) is 0.851. The number of para-hydroxylation sites is 1. The summed E-state index contributed by atoms with van der Waals surface area (Å²) in [7, 11) is -3.75. The second kappa shape index (κ2) is 7.72. The van der Waals surface area contributed by atoms with Crippen molar-refractivity contribution in [2.75, 3.05) is 6.61 Å². The first-order chi connectivity index (χ1) is 12.8. The van der Waals surface area contributed by atoms with Gasteiger partial charge in [0.05, 0.1) is 17.5 Å². The Balaban J connectivity index is 1.77. The van der Waals surface area contributed by atoms with E-state index in [1.807, 2.05) is 38.1 Å². The topological polar surface area (TPSA) is 72.5 Å². The van der Waals surface area contributed by atoms with Crippen LogP contribution >= 0.6 is 0 Å². The van der Waals surface area contributed by atoms with E-state index in [0.29, 0.717) is 18.9 Å². The zero-order valence-corrected chi connectivity index (χ0v) is 16.6. The maximum absolute atomic E-state index is 12.9. The van der Waals surface area contributed by atoms with E-state index in [0.717, 1.165) is 16.9 Å². The first kappa shape index (κ1) is 19.4. The smallest absolute Gasteiger partial charge is 0.238 e. The number of fused-ring (bicyclic) bond motifs is 1. The molecule has 1 aliphatic rings. The molecule has 2 aromatic rings. The van der Waals surface area contributed by atoms with Crippen LogP contribution in [0.2, 0.25) is 0 Å². The van der Waals surface area contributed by atoms with Gasteiger partial charge in [0.2, 0.25) is 5.91 Å². The van der Waals surface area contributed by atoms with Crippen molar-refractivity contribution in [2.45, 2.75) is 49.3 Å². The molecular formula is C21H25NO4S. The van der Waals surface area contributed by atoms with Gasteiger partial charge < -0.3 is 10.1 Å². The van der Waals surface area contributed by atoms with Crippen LogP contribution in [0.3, 0.4) is 0 Å². The molecule has 1 amide bonds. The monoisotopic (exact) mass is 387 g/mol. The summed E-state index contributed by atoms with van der Waals surface area (Å²) in [6, 6.07) is 14.0. The number of nitrogens with one attached hydrogen (secondary N) is 1. The summed E-state index contributed by atoms with van der Waals surface area (Å²) in [5.74, 6) is 0.550. The second-order valence-electron chi connectivity index (χ2n) is 7.15. The number of ether oxygens (including phenoxy) is 1. The number of hydrogen-bond acceptors (Lipinski definition) is 4. The fourth-order valence-electron chi connectivity index (χ4n) is 3.17. The highest BCUT2D eigenvalue weighted by Crippen LogP contribution is 2.32. The van der Waals surface area contributed by atoms with Crippen LogP contribution in [-0.2, 0) is 14.6 Å². The molecule has 27 heavy (non-hydrogen) atoms. The Labute approximate surface area is 160 Å². The van der Waals surface area contributed by atoms with Crippen LogP contribution in [-0.4, -0.2) is 26.2 Å². The molecule has 2 unspecified atom stereocenters. The lowest BCUT2D eigenvalue weighted by Crippen LogP contribution is -2.41. The zero-order valence-electron chi connectivity index (χ0n) is 15.8. The molecule has 0 spiro atoms. The average molecular weight is 388 g/mol. The van der Waals surface area contributed by atoms with Gasteiger partial charge in [-0.25, -0.2) is 8.42 Å². The molecule has 1 aliphatic heterocycles. The average Bonchev–Trinajstić information content (AvgIpc) is 2.67. The minimum Gasteiger partial charge on any atom is -0.493 e. The third-order valence-corrected chi connectivity index (χ3v) is 7.06. The SMILES string of the molecule is CC(C)c1ccc(S(=O)(=O)C(C)C(=O)NC2CCOc3ccccc32)cc1. The second-order valence-corrected chi connectivity index (χ2v) is 9.42. The molecule has 6 heteroatoms. The van der Waals surface area contributed by atoms with Gasteiger partial charge in [-0.3, -0.25) is 4.79 Å². The molecule has 0 aliphatic carbocycles. The highest BCUT2D eigenvalue weighted by Gasteiger charge is 2.32. The van der Waals surface area contributed by atoms with Gasteiger partial charge in [0.1, 0.15) is 11.0 Å². The first-order valence-corrected chi connectivity index (χ1v) is 10.7. The van der Waals surface area contributed by atoms with Crippen LogP contribution in [0, 0.1) is 0 Å². The fraction of sp³-hybridized carbons (Fsp3) is 0.381. The molecule has 2 atom stereocenters. The summed E-state index contributed by atoms with van der Waals surface area (Å²) in [6.45, 7) is 6.02. The van der Waals surface area contributed by atoms with Crippen LogP contribution < -0.4 is 10.1 Å². The van der Waals surface area contributed by atoms with Crippen LogP contribution in [0.25, 0.3) is 0 Å². The fourth-order valence-corrected chi connectivity index (χ4v) is 4.44. The first-order valence-electron chi connectivity index (χ1n) is 9.16. The zero-order chi connectivity index (χ0) is 19.6. The molecular weight excluding hydrogens is 362 g/mol. The van der Waals surface area contributed by atoms with E-state index in [-0.39, 0.29) is 10.9 Å². The van der Waals surface area contributed by atoms with E-state index in [9.17, 15) is 13.2 Å². The molecule has 0 radical (unpaired) electrons. The highest BCUT2D eigenvalue weighted by molar-refractivity contribution is 7.92. The number of hydrogen-bond donors (Lipinski definition) is 1. The van der Waals surface area contributed by atoms with E-state index in [2.05, 4.69) is 5.32 Å². The molecule has 144 valence electrons. The van der Waals surface area contributed by atoms with E-state index < -0.39 is 21.0 Å². The maximum Gasteiger partial charge on any atom is 0.238 e. The predicted molar refractivity (Wildman–Crippen MR) is 105 cm³/mol. The van der Waals surface area contributed by atoms with Crippen LogP contribution in [0.15, 0.2) is 53.4 Å². The Hall–Kier alpha value is -2.34. The van der Waals surface area contributed by atoms with Crippen molar-refractivity contribution in [3.63, 3.8) is 0 Å². The highest BCUT2D eigenvalue weighted by atomic mass is 32.2. The number of carbonyl (C=O) groups is 1. The molecule has 1 heterocycles. The van der Waals surface area contributed by atoms with Crippen molar-refractivity contribution < 1.29 is 17.9 Å². The molecule has 1 N–H and O–H groups in total. The van der Waals surface area contributed by atoms with Crippen LogP contribution in [0.1, 0.15) is 50.3 Å². The molecule has 0 fully saturated rings. The normalized spacial score (nSPS) is 17.7. The third kappa shape index (κ3) is 4.00. The lowest BCUT2D eigenvalue weighted by molar-refractivity contribution is -0.121. The Morgan fingerprint density at radius 3 is 2.41 bits per heavy atom. The van der Waals surface area contributed by atoms with Gasteiger partial charge in [-0.15, -0.1) is 0 Å². The molecule has 3 rings (SSSR count). The Kier molecular flexibility index (Phi) is 5.56. The molecule has 2 aromatic carbocycles. The van der Waals surface area contributed by atoms with E-state index >= 15 is 0 Å². The lowest BCUT2D eigenvalue weighted by Gasteiger charge is -2.27. The van der Waals surface area contributed by atoms with Crippen molar-refractivity contribution in [1.82, 2.24) is 5.32 Å². The number of rotatable bonds is 5. The number of carbonyl (C=O) groups excluding carboxylic acids is 1. The Morgan fingerprint density at radius 1 is 1.07 bits per heavy atom. The van der Waals surface area contributed by atoms with Gasteiger partial charge in [0, 0.05) is 12.0 Å². The van der Waals surface area contributed by atoms with Gasteiger partial charge in [-0.05, 0) is 36.6 Å². The van der Waals surface area contributed by atoms with Crippen molar-refractivity contribution in [3.8, 4) is 5.75 Å². The number of amides is 1. The summed E-state index contributed by atoms with van der Waals surface area (Å²) in [4.78, 5) is 12.9. The van der Waals surface area contributed by atoms with Crippen molar-refractivity contribution in [2.24, 2.45) is 0 Å². The minimum absolute atomic E-state index is 0.168. The van der Waals surface area contributed by atoms with Gasteiger partial charge in [0.25, 0.3) is 0 Å². The predicted octanol–water partition coefficient (Wildman–Crippen LogP) is 3.61. The summed E-state index contributed by atoms with van der Waals surface area (Å²) in [5.41, 5.74) is 1.94. The van der Waals surface area contributed by atoms with Crippen molar-refractivity contribution in [1.29, 1.82) is 0 Å². The molecule has 0 bridgehead atoms. The molecule has 5 nitrogen and oxygen atoms in total. The van der Waals surface area contributed by atoms with E-state index in [4.69, 9.17) is 4.74 Å². The largest absolute Gasteiger partial charge is 0.493 e. The summed E-state index contributed by atoms with van der Waals surface area (Å²) >= 11 is 0. The Bertz CT molecular complexity index is 919. The summed E-state index contributed by atoms with van der Waals surface area (Å²) in [6.07, 6.45) is 0.610. The summed E-state index contributed by atoms with van der Waals surface area (Å²) < 4.78 is 31.3. The van der Waals surface area contributed by atoms with Crippen LogP contribution in [0.5, 0.6) is 5.75 Å². The van der Waals surface area contributed by atoms with Crippen molar-refractivity contribution in [3.05, 3.63) is 59.7 Å². The number of benzene rings is 2. The number of sulfone groups is 1. The van der Waals surface area contributed by atoms with E-state index in [1.54, 1.807) is 24.3 Å². The third-order valence-electron chi connectivity index (χ3n) is 4.98. The van der Waals surface area contributed by atoms with Gasteiger partial charge in [-0.2, -0.15) is 0 Å². The van der Waals surface area contributed by atoms with Gasteiger partial charge >= 0.3 is 0 Å². The molecule has 0 saturated carbocycles.